The van der Waals surface area contributed by atoms with Crippen LogP contribution in [-0.4, -0.2) is 38.6 Å². The topological polar surface area (TPSA) is 56.8 Å². The van der Waals surface area contributed by atoms with Gasteiger partial charge in [-0.1, -0.05) is 76.6 Å². The predicted octanol–water partition coefficient (Wildman–Crippen LogP) is 5.40. The summed E-state index contributed by atoms with van der Waals surface area (Å²) in [5, 5.41) is 3.70. The zero-order valence-electron chi connectivity index (χ0n) is 19.1. The van der Waals surface area contributed by atoms with E-state index in [-0.39, 0.29) is 18.9 Å². The van der Waals surface area contributed by atoms with Crippen LogP contribution >= 0.6 is 15.9 Å². The van der Waals surface area contributed by atoms with Gasteiger partial charge in [0.1, 0.15) is 6.04 Å². The fourth-order valence-corrected chi connectivity index (χ4v) is 5.37. The molecule has 1 fully saturated rings. The van der Waals surface area contributed by atoms with Gasteiger partial charge in [-0.25, -0.2) is 0 Å². The van der Waals surface area contributed by atoms with Gasteiger partial charge in [0.15, 0.2) is 6.29 Å². The van der Waals surface area contributed by atoms with Crippen molar-refractivity contribution < 1.29 is 19.0 Å². The number of hydrogen-bond donors (Lipinski definition) is 1. The number of methoxy groups -OCH3 is 1. The van der Waals surface area contributed by atoms with E-state index in [4.69, 9.17) is 14.2 Å². The smallest absolute Gasteiger partial charge is 0.325 e. The van der Waals surface area contributed by atoms with Crippen LogP contribution in [0, 0.1) is 0 Å². The number of nitrogens with one attached hydrogen (secondary N) is 1. The molecule has 0 radical (unpaired) electrons. The lowest BCUT2D eigenvalue weighted by molar-refractivity contribution is -0.173. The maximum Gasteiger partial charge on any atom is 0.325 e. The maximum atomic E-state index is 13.0. The first-order valence-corrected chi connectivity index (χ1v) is 12.5. The molecule has 6 heteroatoms. The van der Waals surface area contributed by atoms with Crippen molar-refractivity contribution in [2.24, 2.45) is 0 Å². The van der Waals surface area contributed by atoms with Crippen LogP contribution in [0.4, 0.5) is 0 Å². The van der Waals surface area contributed by atoms with Gasteiger partial charge in [-0.15, -0.1) is 0 Å². The number of carbonyl (C=O) groups is 1. The summed E-state index contributed by atoms with van der Waals surface area (Å²) in [6.45, 7) is 0.838. The lowest BCUT2D eigenvalue weighted by atomic mass is 9.80. The van der Waals surface area contributed by atoms with Crippen molar-refractivity contribution in [3.8, 4) is 11.1 Å². The molecule has 0 saturated carbocycles. The minimum Gasteiger partial charge on any atom is -0.468 e. The predicted molar refractivity (Wildman–Crippen MR) is 134 cm³/mol. The van der Waals surface area contributed by atoms with Gasteiger partial charge in [0.2, 0.25) is 0 Å². The number of halogens is 1. The average Bonchev–Trinajstić information content (AvgIpc) is 3.18. The quantitative estimate of drug-likeness (QED) is 0.422. The van der Waals surface area contributed by atoms with E-state index in [2.05, 4.69) is 69.8 Å². The summed E-state index contributed by atoms with van der Waals surface area (Å²) in [5.74, 6) is -0.367. The van der Waals surface area contributed by atoms with Crippen LogP contribution in [0.1, 0.15) is 36.0 Å². The van der Waals surface area contributed by atoms with Gasteiger partial charge in [0, 0.05) is 11.1 Å². The van der Waals surface area contributed by atoms with Crippen LogP contribution in [-0.2, 0) is 24.5 Å². The molecule has 1 N–H and O–H groups in total. The summed E-state index contributed by atoms with van der Waals surface area (Å²) in [5.41, 5.74) is 4.78. The fraction of sp³-hybridized carbons (Fsp3) is 0.321. The largest absolute Gasteiger partial charge is 0.468 e. The van der Waals surface area contributed by atoms with Gasteiger partial charge in [0.25, 0.3) is 0 Å². The Morgan fingerprint density at radius 1 is 1.03 bits per heavy atom. The third-order valence-electron chi connectivity index (χ3n) is 6.69. The van der Waals surface area contributed by atoms with Crippen LogP contribution in [0.5, 0.6) is 0 Å². The Balaban J connectivity index is 1.60. The Hall–Kier alpha value is -2.51. The number of carbonyl (C=O) groups excluding carboxylic acids is 1. The molecule has 1 aliphatic carbocycles. The zero-order valence-corrected chi connectivity index (χ0v) is 20.7. The Morgan fingerprint density at radius 3 is 2.26 bits per heavy atom. The molecule has 34 heavy (non-hydrogen) atoms. The van der Waals surface area contributed by atoms with Crippen LogP contribution in [0.15, 0.2) is 77.3 Å². The van der Waals surface area contributed by atoms with Crippen molar-refractivity contribution in [1.82, 2.24) is 5.32 Å². The molecule has 0 spiro atoms. The highest BCUT2D eigenvalue weighted by Gasteiger charge is 2.47. The van der Waals surface area contributed by atoms with E-state index in [0.29, 0.717) is 6.61 Å². The van der Waals surface area contributed by atoms with Crippen LogP contribution in [0.3, 0.4) is 0 Å². The van der Waals surface area contributed by atoms with Gasteiger partial charge in [-0.2, -0.15) is 0 Å². The molecule has 2 atom stereocenters. The van der Waals surface area contributed by atoms with Crippen molar-refractivity contribution in [1.29, 1.82) is 0 Å². The Bertz CT molecular complexity index is 1110. The molecular formula is C28H28BrNO4. The van der Waals surface area contributed by atoms with E-state index in [0.717, 1.165) is 51.6 Å². The zero-order chi connectivity index (χ0) is 23.5. The Morgan fingerprint density at radius 2 is 1.68 bits per heavy atom. The van der Waals surface area contributed by atoms with Gasteiger partial charge < -0.3 is 14.2 Å². The number of fused-ring (bicyclic) bond motifs is 3. The molecule has 1 unspecified atom stereocenters. The molecule has 5 rings (SSSR count). The molecule has 0 bridgehead atoms. The fourth-order valence-electron chi connectivity index (χ4n) is 5.10. The normalized spacial score (nSPS) is 19.2. The summed E-state index contributed by atoms with van der Waals surface area (Å²) in [6, 6.07) is 24.3. The lowest BCUT2D eigenvalue weighted by Crippen LogP contribution is -2.54. The average molecular weight is 522 g/mol. The number of benzene rings is 3. The molecule has 176 valence electrons. The van der Waals surface area contributed by atoms with E-state index in [1.807, 2.05) is 24.3 Å². The molecule has 3 aromatic rings. The minimum atomic E-state index is -0.747. The standard InChI is InChI=1S/C28H28BrNO4/c1-32-27(31)25(18-34-26-12-6-7-17-33-26)30-28(19-13-15-20(29)16-14-19)23-10-4-2-8-21(23)22-9-3-5-11-24(22)28/h2-5,8-11,13-16,25-26,30H,6-7,12,17-18H2,1H3/t25-,26?/m0/s1. The monoisotopic (exact) mass is 521 g/mol. The molecule has 0 amide bonds. The Labute approximate surface area is 208 Å². The second-order valence-corrected chi connectivity index (χ2v) is 9.61. The SMILES string of the molecule is COC(=O)[C@H](COC1CCCCO1)NC1(c2ccc(Br)cc2)c2ccccc2-c2ccccc21. The summed E-state index contributed by atoms with van der Waals surface area (Å²) >= 11 is 3.56. The Kier molecular flexibility index (Phi) is 6.84. The van der Waals surface area contributed by atoms with E-state index in [1.54, 1.807) is 0 Å². The molecule has 5 nitrogen and oxygen atoms in total. The van der Waals surface area contributed by atoms with Crippen molar-refractivity contribution >= 4 is 21.9 Å². The highest BCUT2D eigenvalue weighted by Crippen LogP contribution is 2.51. The van der Waals surface area contributed by atoms with Gasteiger partial charge in [-0.3, -0.25) is 10.1 Å². The molecule has 0 aromatic heterocycles. The van der Waals surface area contributed by atoms with Gasteiger partial charge in [0.05, 0.1) is 19.3 Å². The van der Waals surface area contributed by atoms with Gasteiger partial charge >= 0.3 is 5.97 Å². The van der Waals surface area contributed by atoms with E-state index >= 15 is 0 Å². The number of esters is 1. The van der Waals surface area contributed by atoms with E-state index < -0.39 is 11.6 Å². The first kappa shape index (κ1) is 23.2. The van der Waals surface area contributed by atoms with Crippen LogP contribution in [0.2, 0.25) is 0 Å². The first-order chi connectivity index (χ1) is 16.6. The lowest BCUT2D eigenvalue weighted by Gasteiger charge is -2.37. The van der Waals surface area contributed by atoms with E-state index in [9.17, 15) is 4.79 Å². The van der Waals surface area contributed by atoms with Crippen LogP contribution < -0.4 is 5.32 Å². The van der Waals surface area contributed by atoms with E-state index in [1.165, 1.54) is 7.11 Å². The maximum absolute atomic E-state index is 13.0. The third kappa shape index (κ3) is 4.20. The summed E-state index contributed by atoms with van der Waals surface area (Å²) in [7, 11) is 1.41. The highest BCUT2D eigenvalue weighted by atomic mass is 79.9. The van der Waals surface area contributed by atoms with Crippen molar-refractivity contribution in [3.05, 3.63) is 94.0 Å². The third-order valence-corrected chi connectivity index (χ3v) is 7.22. The minimum absolute atomic E-state index is 0.153. The van der Waals surface area contributed by atoms with Crippen molar-refractivity contribution in [2.75, 3.05) is 20.3 Å². The number of ether oxygens (including phenoxy) is 3. The second-order valence-electron chi connectivity index (χ2n) is 8.70. The molecule has 1 heterocycles. The number of rotatable bonds is 7. The molecule has 1 aliphatic heterocycles. The summed E-state index contributed by atoms with van der Waals surface area (Å²) < 4.78 is 18.0. The van der Waals surface area contributed by atoms with Crippen molar-refractivity contribution in [3.63, 3.8) is 0 Å². The molecule has 3 aromatic carbocycles. The molecule has 1 saturated heterocycles. The van der Waals surface area contributed by atoms with Gasteiger partial charge in [-0.05, 0) is 59.2 Å². The summed E-state index contributed by atoms with van der Waals surface area (Å²) in [6.07, 6.45) is 2.63. The van der Waals surface area contributed by atoms with Crippen LogP contribution in [0.25, 0.3) is 11.1 Å². The highest BCUT2D eigenvalue weighted by molar-refractivity contribution is 9.10. The second kappa shape index (κ2) is 10.0. The molecule has 2 aliphatic rings. The summed E-state index contributed by atoms with van der Waals surface area (Å²) in [4.78, 5) is 13.0. The molecular weight excluding hydrogens is 494 g/mol. The first-order valence-electron chi connectivity index (χ1n) is 11.7. The van der Waals surface area contributed by atoms with Crippen molar-refractivity contribution in [2.45, 2.75) is 37.1 Å². The number of hydrogen-bond acceptors (Lipinski definition) is 5.